The van der Waals surface area contributed by atoms with Crippen LogP contribution in [0, 0.1) is 0 Å². The molecule has 9 rings (SSSR count). The number of rotatable bonds is 3. The fourth-order valence-electron chi connectivity index (χ4n) is 9.11. The SMILES string of the molecule is CN1CCC(N2CCN(C(=O)c3ccc4c(Cl)c5c(nc4c3)CCCC5)CC2)CC1.O=C(c1ccc2c(Cl)c3c(nc2c1)CCCC3)N1CCCCC1. The molecule has 0 spiro atoms. The van der Waals surface area contributed by atoms with Gasteiger partial charge in [-0.3, -0.25) is 24.5 Å². The van der Waals surface area contributed by atoms with Gasteiger partial charge in [-0.05, 0) is 139 Å². The molecule has 5 aliphatic rings. The molecule has 0 unspecified atom stereocenters. The topological polar surface area (TPSA) is 72.9 Å². The van der Waals surface area contributed by atoms with Gasteiger partial charge in [-0.25, -0.2) is 0 Å². The van der Waals surface area contributed by atoms with Gasteiger partial charge in [0.05, 0.1) is 21.1 Å². The van der Waals surface area contributed by atoms with E-state index in [1.807, 2.05) is 46.2 Å². The largest absolute Gasteiger partial charge is 0.339 e. The maximum Gasteiger partial charge on any atom is 0.254 e. The summed E-state index contributed by atoms with van der Waals surface area (Å²) in [6.45, 7) is 7.67. The number of carbonyl (C=O) groups is 2. The van der Waals surface area contributed by atoms with Crippen LogP contribution in [0.4, 0.5) is 0 Å². The smallest absolute Gasteiger partial charge is 0.254 e. The highest BCUT2D eigenvalue weighted by atomic mass is 35.5. The Morgan fingerprint density at radius 3 is 1.57 bits per heavy atom. The van der Waals surface area contributed by atoms with Crippen molar-refractivity contribution in [3.05, 3.63) is 80.1 Å². The third-order valence-electron chi connectivity index (χ3n) is 12.3. The van der Waals surface area contributed by atoms with Crippen LogP contribution in [-0.2, 0) is 25.7 Å². The fraction of sp³-hybridized carbons (Fsp3) is 0.535. The van der Waals surface area contributed by atoms with Crippen LogP contribution in [0.2, 0.25) is 10.0 Å². The molecule has 0 N–H and O–H groups in total. The number of fused-ring (bicyclic) bond motifs is 4. The van der Waals surface area contributed by atoms with Gasteiger partial charge in [-0.15, -0.1) is 0 Å². The first kappa shape index (κ1) is 36.7. The van der Waals surface area contributed by atoms with Gasteiger partial charge < -0.3 is 14.7 Å². The second-order valence-corrected chi connectivity index (χ2v) is 16.6. The number of carbonyl (C=O) groups excluding carboxylic acids is 2. The minimum Gasteiger partial charge on any atom is -0.339 e. The maximum absolute atomic E-state index is 13.2. The number of pyridine rings is 2. The number of likely N-dealkylation sites (tertiary alicyclic amines) is 2. The van der Waals surface area contributed by atoms with E-state index in [4.69, 9.17) is 33.2 Å². The summed E-state index contributed by atoms with van der Waals surface area (Å²) in [6, 6.07) is 12.3. The van der Waals surface area contributed by atoms with Crippen molar-refractivity contribution in [1.82, 2.24) is 29.6 Å². The molecule has 3 fully saturated rings. The molecule has 0 saturated carbocycles. The lowest BCUT2D eigenvalue weighted by molar-refractivity contribution is 0.0475. The molecular formula is C43H52Cl2N6O2. The summed E-state index contributed by atoms with van der Waals surface area (Å²) in [6.07, 6.45) is 14.7. The highest BCUT2D eigenvalue weighted by molar-refractivity contribution is 6.36. The molecule has 4 aromatic rings. The molecular weight excluding hydrogens is 703 g/mol. The first-order valence-electron chi connectivity index (χ1n) is 20.1. The van der Waals surface area contributed by atoms with Gasteiger partial charge in [0.15, 0.2) is 0 Å². The molecule has 2 aromatic heterocycles. The van der Waals surface area contributed by atoms with Crippen molar-refractivity contribution in [1.29, 1.82) is 0 Å². The number of amides is 2. The zero-order valence-corrected chi connectivity index (χ0v) is 32.7. The normalized spacial score (nSPS) is 20.1. The standard InChI is InChI=1S/C24H31ClN4O.C19H21ClN2O/c1-27-10-8-18(9-11-27)28-12-14-29(15-13-28)24(30)17-6-7-20-22(16-17)26-21-5-3-2-4-19(21)23(20)25;20-18-14-6-2-3-7-16(14)21-17-12-13(8-9-15(17)18)19(23)22-10-4-1-5-11-22/h6-7,16,18H,2-5,8-15H2,1H3;8-9,12H,1-7,10-11H2. The minimum atomic E-state index is 0.121. The third-order valence-corrected chi connectivity index (χ3v) is 13.2. The molecule has 3 aliphatic heterocycles. The van der Waals surface area contributed by atoms with Crippen LogP contribution in [0.5, 0.6) is 0 Å². The first-order chi connectivity index (χ1) is 25.8. The lowest BCUT2D eigenvalue weighted by atomic mass is 9.94. The number of nitrogens with zero attached hydrogens (tertiary/aromatic N) is 6. The van der Waals surface area contributed by atoms with Gasteiger partial charge in [-0.1, -0.05) is 35.3 Å². The van der Waals surface area contributed by atoms with E-state index in [0.29, 0.717) is 6.04 Å². The lowest BCUT2D eigenvalue weighted by Crippen LogP contribution is -2.54. The third kappa shape index (κ3) is 7.80. The second kappa shape index (κ2) is 16.2. The van der Waals surface area contributed by atoms with Crippen LogP contribution in [0.1, 0.15) is 101 Å². The minimum absolute atomic E-state index is 0.121. The average Bonchev–Trinajstić information content (AvgIpc) is 3.21. The Kier molecular flexibility index (Phi) is 11.2. The maximum atomic E-state index is 13.2. The first-order valence-corrected chi connectivity index (χ1v) is 20.8. The van der Waals surface area contributed by atoms with Gasteiger partial charge in [-0.2, -0.15) is 0 Å². The Morgan fingerprint density at radius 1 is 0.585 bits per heavy atom. The van der Waals surface area contributed by atoms with Crippen molar-refractivity contribution in [2.45, 2.75) is 89.5 Å². The molecule has 2 aromatic carbocycles. The monoisotopic (exact) mass is 754 g/mol. The van der Waals surface area contributed by atoms with Crippen molar-refractivity contribution in [2.24, 2.45) is 0 Å². The Hall–Kier alpha value is -3.30. The van der Waals surface area contributed by atoms with Crippen molar-refractivity contribution in [3.63, 3.8) is 0 Å². The predicted molar refractivity (Wildman–Crippen MR) is 215 cm³/mol. The van der Waals surface area contributed by atoms with Crippen LogP contribution in [-0.4, -0.2) is 107 Å². The number of hydrogen-bond acceptors (Lipinski definition) is 6. The van der Waals surface area contributed by atoms with E-state index in [1.54, 1.807) is 0 Å². The molecule has 5 heterocycles. The van der Waals surface area contributed by atoms with Crippen LogP contribution in [0.15, 0.2) is 36.4 Å². The molecule has 8 nitrogen and oxygen atoms in total. The number of halogens is 2. The predicted octanol–water partition coefficient (Wildman–Crippen LogP) is 8.01. The second-order valence-electron chi connectivity index (χ2n) is 15.8. The Morgan fingerprint density at radius 2 is 1.06 bits per heavy atom. The summed E-state index contributed by atoms with van der Waals surface area (Å²) in [7, 11) is 2.20. The molecule has 0 atom stereocenters. The van der Waals surface area contributed by atoms with E-state index in [1.165, 1.54) is 69.2 Å². The average molecular weight is 756 g/mol. The van der Waals surface area contributed by atoms with Crippen molar-refractivity contribution < 1.29 is 9.59 Å². The van der Waals surface area contributed by atoms with E-state index < -0.39 is 0 Å². The summed E-state index contributed by atoms with van der Waals surface area (Å²) in [4.78, 5) is 44.5. The lowest BCUT2D eigenvalue weighted by Gasteiger charge is -2.42. The molecule has 280 valence electrons. The molecule has 10 heteroatoms. The number of hydrogen-bond donors (Lipinski definition) is 0. The van der Waals surface area contributed by atoms with Gasteiger partial charge in [0.1, 0.15) is 0 Å². The number of benzene rings is 2. The molecule has 2 amide bonds. The van der Waals surface area contributed by atoms with Crippen molar-refractivity contribution in [3.8, 4) is 0 Å². The number of aromatic nitrogens is 2. The molecule has 3 saturated heterocycles. The zero-order valence-electron chi connectivity index (χ0n) is 31.1. The van der Waals surface area contributed by atoms with Gasteiger partial charge in [0.2, 0.25) is 0 Å². The van der Waals surface area contributed by atoms with Gasteiger partial charge in [0.25, 0.3) is 11.8 Å². The molecule has 0 bridgehead atoms. The van der Waals surface area contributed by atoms with Gasteiger partial charge in [0, 0.05) is 78.6 Å². The van der Waals surface area contributed by atoms with Gasteiger partial charge >= 0.3 is 0 Å². The zero-order chi connectivity index (χ0) is 36.5. The summed E-state index contributed by atoms with van der Waals surface area (Å²) >= 11 is 13.3. The van der Waals surface area contributed by atoms with E-state index in [2.05, 4.69) is 16.8 Å². The van der Waals surface area contributed by atoms with E-state index in [0.717, 1.165) is 132 Å². The molecule has 0 radical (unpaired) electrons. The highest BCUT2D eigenvalue weighted by Gasteiger charge is 2.29. The van der Waals surface area contributed by atoms with Crippen LogP contribution < -0.4 is 0 Å². The number of aryl methyl sites for hydroxylation is 2. The van der Waals surface area contributed by atoms with E-state index >= 15 is 0 Å². The highest BCUT2D eigenvalue weighted by Crippen LogP contribution is 2.35. The summed E-state index contributed by atoms with van der Waals surface area (Å²) in [5.74, 6) is 0.248. The summed E-state index contributed by atoms with van der Waals surface area (Å²) < 4.78 is 0. The quantitative estimate of drug-likeness (QED) is 0.211. The van der Waals surface area contributed by atoms with Crippen molar-refractivity contribution >= 4 is 56.8 Å². The van der Waals surface area contributed by atoms with E-state index in [9.17, 15) is 9.59 Å². The van der Waals surface area contributed by atoms with E-state index in [-0.39, 0.29) is 11.8 Å². The Balaban J connectivity index is 0.000000156. The Bertz CT molecular complexity index is 2000. The summed E-state index contributed by atoms with van der Waals surface area (Å²) in [5, 5.41) is 3.62. The van der Waals surface area contributed by atoms with Crippen LogP contribution in [0.25, 0.3) is 21.8 Å². The molecule has 2 aliphatic carbocycles. The number of piperazine rings is 1. The van der Waals surface area contributed by atoms with Crippen LogP contribution >= 0.6 is 23.2 Å². The summed E-state index contributed by atoms with van der Waals surface area (Å²) in [5.41, 5.74) is 7.84. The Labute approximate surface area is 323 Å². The fourth-order valence-corrected chi connectivity index (χ4v) is 9.84. The van der Waals surface area contributed by atoms with Crippen LogP contribution in [0.3, 0.4) is 0 Å². The number of piperidine rings is 2. The van der Waals surface area contributed by atoms with Crippen molar-refractivity contribution in [2.75, 3.05) is 59.4 Å². The molecule has 53 heavy (non-hydrogen) atoms.